The van der Waals surface area contributed by atoms with E-state index < -0.39 is 21.2 Å². The van der Waals surface area contributed by atoms with Gasteiger partial charge in [0.05, 0.1) is 30.0 Å². The Morgan fingerprint density at radius 2 is 1.84 bits per heavy atom. The van der Waals surface area contributed by atoms with Crippen molar-refractivity contribution in [1.82, 2.24) is 24.5 Å². The lowest BCUT2D eigenvalue weighted by Gasteiger charge is -2.14. The standard InChI is InChI=1S/C18H15F3N6O3S/c1-9-24-14-8-22-12-5-4-11(25-15(12)16(14)27(9)2)10-6-13(17(30-3)23-7-10)26-31(28,29)18(19,20)21/h4-8,26H,1-3H3. The lowest BCUT2D eigenvalue weighted by molar-refractivity contribution is -0.0429. The van der Waals surface area contributed by atoms with Gasteiger partial charge in [-0.05, 0) is 25.1 Å². The van der Waals surface area contributed by atoms with E-state index in [9.17, 15) is 21.6 Å². The van der Waals surface area contributed by atoms with Gasteiger partial charge >= 0.3 is 15.5 Å². The highest BCUT2D eigenvalue weighted by Crippen LogP contribution is 2.33. The van der Waals surface area contributed by atoms with Crippen LogP contribution in [0.1, 0.15) is 5.82 Å². The maximum atomic E-state index is 12.8. The number of hydrogen-bond donors (Lipinski definition) is 1. The van der Waals surface area contributed by atoms with E-state index in [-0.39, 0.29) is 11.4 Å². The Bertz CT molecular complexity index is 1430. The number of halogens is 3. The number of anilines is 1. The fraction of sp³-hybridized carbons (Fsp3) is 0.222. The molecule has 0 aliphatic rings. The van der Waals surface area contributed by atoms with Crippen LogP contribution < -0.4 is 9.46 Å². The molecule has 0 radical (unpaired) electrons. The van der Waals surface area contributed by atoms with Crippen molar-refractivity contribution >= 4 is 37.8 Å². The average Bonchev–Trinajstić information content (AvgIpc) is 3.00. The first-order chi connectivity index (χ1) is 14.5. The predicted octanol–water partition coefficient (Wildman–Crippen LogP) is 3.16. The summed E-state index contributed by atoms with van der Waals surface area (Å²) in [5, 5.41) is 0. The topological polar surface area (TPSA) is 112 Å². The van der Waals surface area contributed by atoms with E-state index in [2.05, 4.69) is 19.9 Å². The number of fused-ring (bicyclic) bond motifs is 3. The highest BCUT2D eigenvalue weighted by Gasteiger charge is 2.46. The number of nitrogens with zero attached hydrogens (tertiary/aromatic N) is 5. The van der Waals surface area contributed by atoms with Crippen LogP contribution >= 0.6 is 0 Å². The number of sulfonamides is 1. The minimum Gasteiger partial charge on any atom is -0.480 e. The van der Waals surface area contributed by atoms with Crippen LogP contribution in [-0.4, -0.2) is 45.5 Å². The van der Waals surface area contributed by atoms with Crippen LogP contribution in [0.2, 0.25) is 0 Å². The van der Waals surface area contributed by atoms with Crippen LogP contribution in [0.15, 0.2) is 30.6 Å². The van der Waals surface area contributed by atoms with Crippen LogP contribution in [0.25, 0.3) is 33.3 Å². The molecule has 4 heterocycles. The van der Waals surface area contributed by atoms with Gasteiger partial charge in [-0.15, -0.1) is 0 Å². The largest absolute Gasteiger partial charge is 0.516 e. The molecule has 4 rings (SSSR count). The van der Waals surface area contributed by atoms with Gasteiger partial charge < -0.3 is 9.30 Å². The van der Waals surface area contributed by atoms with Crippen molar-refractivity contribution in [2.45, 2.75) is 12.4 Å². The van der Waals surface area contributed by atoms with Gasteiger partial charge in [-0.25, -0.2) is 15.0 Å². The van der Waals surface area contributed by atoms with Gasteiger partial charge in [0, 0.05) is 18.8 Å². The van der Waals surface area contributed by atoms with Crippen molar-refractivity contribution in [2.24, 2.45) is 7.05 Å². The fourth-order valence-electron chi connectivity index (χ4n) is 3.06. The third kappa shape index (κ3) is 3.50. The number of pyridine rings is 3. The van der Waals surface area contributed by atoms with Gasteiger partial charge in [0.15, 0.2) is 0 Å². The lowest BCUT2D eigenvalue weighted by Crippen LogP contribution is -2.30. The Hall–Kier alpha value is -3.48. The molecule has 0 bridgehead atoms. The Morgan fingerprint density at radius 1 is 1.10 bits per heavy atom. The zero-order chi connectivity index (χ0) is 22.6. The van der Waals surface area contributed by atoms with Crippen molar-refractivity contribution in [3.63, 3.8) is 0 Å². The van der Waals surface area contributed by atoms with E-state index >= 15 is 0 Å². The van der Waals surface area contributed by atoms with Gasteiger partial charge in [-0.2, -0.15) is 21.6 Å². The molecule has 0 saturated heterocycles. The number of hydrogen-bond acceptors (Lipinski definition) is 7. The Balaban J connectivity index is 1.87. The molecule has 0 atom stereocenters. The Labute approximate surface area is 174 Å². The van der Waals surface area contributed by atoms with Crippen LogP contribution in [0.3, 0.4) is 0 Å². The zero-order valence-electron chi connectivity index (χ0n) is 16.4. The average molecular weight is 452 g/mol. The zero-order valence-corrected chi connectivity index (χ0v) is 17.2. The molecule has 0 spiro atoms. The van der Waals surface area contributed by atoms with Crippen molar-refractivity contribution in [3.05, 3.63) is 36.4 Å². The Kier molecular flexibility index (Phi) is 4.72. The van der Waals surface area contributed by atoms with Crippen LogP contribution in [0, 0.1) is 6.92 Å². The van der Waals surface area contributed by atoms with Gasteiger partial charge in [0.2, 0.25) is 5.88 Å². The molecule has 0 unspecified atom stereocenters. The SMILES string of the molecule is COc1ncc(-c2ccc3ncc4nc(C)n(C)c4c3n2)cc1NS(=O)(=O)C(F)(F)F. The number of imidazole rings is 1. The smallest absolute Gasteiger partial charge is 0.480 e. The third-order valence-electron chi connectivity index (χ3n) is 4.66. The molecule has 1 N–H and O–H groups in total. The minimum atomic E-state index is -5.66. The third-order valence-corrected chi connectivity index (χ3v) is 5.76. The second-order valence-corrected chi connectivity index (χ2v) is 8.28. The summed E-state index contributed by atoms with van der Waals surface area (Å²) in [5.41, 5.74) is -2.82. The van der Waals surface area contributed by atoms with E-state index in [0.29, 0.717) is 22.2 Å². The molecule has 13 heteroatoms. The summed E-state index contributed by atoms with van der Waals surface area (Å²) in [7, 11) is -2.67. The van der Waals surface area contributed by atoms with Gasteiger partial charge in [-0.3, -0.25) is 9.71 Å². The molecule has 0 aliphatic heterocycles. The molecule has 31 heavy (non-hydrogen) atoms. The number of ether oxygens (including phenoxy) is 1. The molecule has 0 saturated carbocycles. The van der Waals surface area contributed by atoms with Crippen LogP contribution in [0.5, 0.6) is 5.88 Å². The summed E-state index contributed by atoms with van der Waals surface area (Å²) in [6.45, 7) is 1.84. The molecular formula is C18H15F3N6O3S. The molecule has 0 fully saturated rings. The summed E-state index contributed by atoms with van der Waals surface area (Å²) in [6.07, 6.45) is 2.95. The van der Waals surface area contributed by atoms with Crippen molar-refractivity contribution in [2.75, 3.05) is 11.8 Å². The quantitative estimate of drug-likeness (QED) is 0.506. The molecular weight excluding hydrogens is 437 g/mol. The van der Waals surface area contributed by atoms with Crippen molar-refractivity contribution in [3.8, 4) is 17.1 Å². The monoisotopic (exact) mass is 452 g/mol. The molecule has 4 aromatic heterocycles. The first-order valence-corrected chi connectivity index (χ1v) is 10.2. The number of aromatic nitrogens is 5. The van der Waals surface area contributed by atoms with Gasteiger partial charge in [0.1, 0.15) is 22.5 Å². The fourth-order valence-corrected chi connectivity index (χ4v) is 3.61. The summed E-state index contributed by atoms with van der Waals surface area (Å²) in [4.78, 5) is 17.2. The predicted molar refractivity (Wildman–Crippen MR) is 107 cm³/mol. The molecule has 0 aromatic carbocycles. The lowest BCUT2D eigenvalue weighted by atomic mass is 10.1. The molecule has 0 amide bonds. The first kappa shape index (κ1) is 20.8. The highest BCUT2D eigenvalue weighted by atomic mass is 32.2. The van der Waals surface area contributed by atoms with E-state index in [0.717, 1.165) is 18.5 Å². The van der Waals surface area contributed by atoms with E-state index in [1.54, 1.807) is 18.3 Å². The number of rotatable bonds is 4. The van der Waals surface area contributed by atoms with Crippen LogP contribution in [0.4, 0.5) is 18.9 Å². The van der Waals surface area contributed by atoms with Crippen molar-refractivity contribution < 1.29 is 26.3 Å². The number of alkyl halides is 3. The highest BCUT2D eigenvalue weighted by molar-refractivity contribution is 7.93. The first-order valence-electron chi connectivity index (χ1n) is 8.74. The molecule has 9 nitrogen and oxygen atoms in total. The Morgan fingerprint density at radius 3 is 2.52 bits per heavy atom. The molecule has 4 aromatic rings. The maximum Gasteiger partial charge on any atom is 0.516 e. The molecule has 162 valence electrons. The van der Waals surface area contributed by atoms with E-state index in [1.165, 1.54) is 17.0 Å². The number of nitrogens with one attached hydrogen (secondary N) is 1. The van der Waals surface area contributed by atoms with Crippen LogP contribution in [-0.2, 0) is 17.1 Å². The molecule has 0 aliphatic carbocycles. The van der Waals surface area contributed by atoms with E-state index in [4.69, 9.17) is 4.74 Å². The second kappa shape index (κ2) is 7.04. The summed E-state index contributed by atoms with van der Waals surface area (Å²) in [6, 6.07) is 4.48. The number of methoxy groups -OCH3 is 1. The van der Waals surface area contributed by atoms with Gasteiger partial charge in [-0.1, -0.05) is 0 Å². The maximum absolute atomic E-state index is 12.8. The normalized spacial score (nSPS) is 12.5. The number of aryl methyl sites for hydroxylation is 2. The summed E-state index contributed by atoms with van der Waals surface area (Å²) >= 11 is 0. The van der Waals surface area contributed by atoms with Crippen molar-refractivity contribution in [1.29, 1.82) is 0 Å². The summed E-state index contributed by atoms with van der Waals surface area (Å²) < 4.78 is 69.7. The second-order valence-electron chi connectivity index (χ2n) is 6.61. The summed E-state index contributed by atoms with van der Waals surface area (Å²) in [5.74, 6) is 0.440. The minimum absolute atomic E-state index is 0.276. The van der Waals surface area contributed by atoms with Gasteiger partial charge in [0.25, 0.3) is 0 Å². The van der Waals surface area contributed by atoms with E-state index in [1.807, 2.05) is 18.5 Å².